The van der Waals surface area contributed by atoms with Crippen molar-refractivity contribution in [2.45, 2.75) is 13.0 Å². The molecule has 0 radical (unpaired) electrons. The first-order valence-corrected chi connectivity index (χ1v) is 2.93. The van der Waals surface area contributed by atoms with E-state index in [9.17, 15) is 4.39 Å². The van der Waals surface area contributed by atoms with Gasteiger partial charge < -0.3 is 5.32 Å². The summed E-state index contributed by atoms with van der Waals surface area (Å²) in [5.41, 5.74) is -0.201. The van der Waals surface area contributed by atoms with Crippen molar-refractivity contribution in [2.75, 3.05) is 0 Å². The molecule has 10 heavy (non-hydrogen) atoms. The molecule has 0 atom stereocenters. The van der Waals surface area contributed by atoms with Crippen LogP contribution in [0.1, 0.15) is 16.6 Å². The van der Waals surface area contributed by atoms with Gasteiger partial charge in [-0.25, -0.2) is 4.39 Å². The van der Waals surface area contributed by atoms with Crippen molar-refractivity contribution in [1.82, 2.24) is 5.32 Å². The SMILES string of the molecule is [2H]C1([2H])NC([2H])([2H])c2c(F)cccc21. The molecule has 0 aliphatic carbocycles. The number of nitrogens with one attached hydrogen (secondary N) is 1. The van der Waals surface area contributed by atoms with Gasteiger partial charge in [-0.3, -0.25) is 0 Å². The maximum absolute atomic E-state index is 13.3. The van der Waals surface area contributed by atoms with Crippen LogP contribution in [0, 0.1) is 5.82 Å². The summed E-state index contributed by atoms with van der Waals surface area (Å²) in [4.78, 5) is 0. The fraction of sp³-hybridized carbons (Fsp3) is 0.250. The lowest BCUT2D eigenvalue weighted by molar-refractivity contribution is 0.608. The second kappa shape index (κ2) is 2.06. The van der Waals surface area contributed by atoms with Crippen molar-refractivity contribution in [3.63, 3.8) is 0 Å². The van der Waals surface area contributed by atoms with E-state index in [4.69, 9.17) is 5.48 Å². The molecule has 1 aromatic carbocycles. The maximum Gasteiger partial charge on any atom is 0.128 e. The van der Waals surface area contributed by atoms with E-state index in [1.165, 1.54) is 12.1 Å². The molecule has 0 saturated heterocycles. The molecule has 0 saturated carbocycles. The highest BCUT2D eigenvalue weighted by Gasteiger charge is 2.12. The van der Waals surface area contributed by atoms with Crippen molar-refractivity contribution in [3.05, 3.63) is 35.1 Å². The van der Waals surface area contributed by atoms with Crippen LogP contribution >= 0.6 is 0 Å². The zero-order valence-corrected chi connectivity index (χ0v) is 5.11. The second-order valence-corrected chi connectivity index (χ2v) is 2.04. The van der Waals surface area contributed by atoms with Gasteiger partial charge in [-0.2, -0.15) is 0 Å². The normalized spacial score (nSPS) is 31.3. The van der Waals surface area contributed by atoms with Gasteiger partial charge >= 0.3 is 0 Å². The highest BCUT2D eigenvalue weighted by Crippen LogP contribution is 2.17. The molecule has 0 amide bonds. The minimum Gasteiger partial charge on any atom is -0.308 e. The highest BCUT2D eigenvalue weighted by atomic mass is 19.1. The van der Waals surface area contributed by atoms with Gasteiger partial charge in [0.05, 0.1) is 0 Å². The van der Waals surface area contributed by atoms with Gasteiger partial charge in [-0.15, -0.1) is 0 Å². The topological polar surface area (TPSA) is 12.0 Å². The molecule has 0 unspecified atom stereocenters. The molecule has 1 aliphatic rings. The summed E-state index contributed by atoms with van der Waals surface area (Å²) in [6, 6.07) is 3.88. The summed E-state index contributed by atoms with van der Waals surface area (Å²) in [6.07, 6.45) is 0. The average molecular weight is 141 g/mol. The minimum absolute atomic E-state index is 0.0301. The monoisotopic (exact) mass is 141 g/mol. The van der Waals surface area contributed by atoms with Gasteiger partial charge in [-0.1, -0.05) is 12.1 Å². The van der Waals surface area contributed by atoms with E-state index in [0.29, 0.717) is 0 Å². The highest BCUT2D eigenvalue weighted by molar-refractivity contribution is 5.31. The Morgan fingerprint density at radius 1 is 1.50 bits per heavy atom. The van der Waals surface area contributed by atoms with Crippen LogP contribution in [0.15, 0.2) is 18.2 Å². The Kier molecular flexibility index (Phi) is 0.620. The smallest absolute Gasteiger partial charge is 0.128 e. The molecule has 0 fully saturated rings. The summed E-state index contributed by atoms with van der Waals surface area (Å²) in [7, 11) is 0. The Hall–Kier alpha value is -0.890. The molecule has 1 nitrogen and oxygen atoms in total. The van der Waals surface area contributed by atoms with E-state index in [0.717, 1.165) is 6.07 Å². The quantitative estimate of drug-likeness (QED) is 0.576. The fourth-order valence-corrected chi connectivity index (χ4v) is 0.916. The second-order valence-electron chi connectivity index (χ2n) is 2.04. The third kappa shape index (κ3) is 0.727. The molecule has 1 N–H and O–H groups in total. The molecule has 1 aromatic rings. The Morgan fingerprint density at radius 3 is 3.20 bits per heavy atom. The molecule has 0 spiro atoms. The van der Waals surface area contributed by atoms with Crippen LogP contribution in [0.3, 0.4) is 0 Å². The Balaban J connectivity index is 2.72. The molecule has 52 valence electrons. The lowest BCUT2D eigenvalue weighted by atomic mass is 10.1. The summed E-state index contributed by atoms with van der Waals surface area (Å²) in [6.45, 7) is -4.16. The predicted octanol–water partition coefficient (Wildman–Crippen LogP) is 1.43. The van der Waals surface area contributed by atoms with E-state index >= 15 is 0 Å². The number of benzene rings is 1. The molecule has 1 aliphatic heterocycles. The van der Waals surface area contributed by atoms with Crippen molar-refractivity contribution in [1.29, 1.82) is 0 Å². The molecular formula is C8H8FN. The molecular weight excluding hydrogens is 129 g/mol. The number of hydrogen-bond acceptors (Lipinski definition) is 1. The fourth-order valence-electron chi connectivity index (χ4n) is 0.916. The van der Waals surface area contributed by atoms with Gasteiger partial charge in [0.25, 0.3) is 0 Å². The van der Waals surface area contributed by atoms with Gasteiger partial charge in [0, 0.05) is 24.0 Å². The molecule has 2 rings (SSSR count). The minimum atomic E-state index is -2.15. The summed E-state index contributed by atoms with van der Waals surface area (Å²) >= 11 is 0. The first-order chi connectivity index (χ1) is 6.34. The first kappa shape index (κ1) is 3.01. The van der Waals surface area contributed by atoms with Gasteiger partial charge in [0.2, 0.25) is 0 Å². The van der Waals surface area contributed by atoms with Crippen molar-refractivity contribution in [3.8, 4) is 0 Å². The van der Waals surface area contributed by atoms with E-state index in [1.54, 1.807) is 0 Å². The predicted molar refractivity (Wildman–Crippen MR) is 36.9 cm³/mol. The molecule has 0 aromatic heterocycles. The molecule has 1 heterocycles. The van der Waals surface area contributed by atoms with Crippen molar-refractivity contribution in [2.24, 2.45) is 0 Å². The Labute approximate surface area is 64.5 Å². The van der Waals surface area contributed by atoms with Gasteiger partial charge in [0.15, 0.2) is 0 Å². The lowest BCUT2D eigenvalue weighted by Gasteiger charge is -1.96. The van der Waals surface area contributed by atoms with E-state index < -0.39 is 18.8 Å². The van der Waals surface area contributed by atoms with Gasteiger partial charge in [0.1, 0.15) is 5.82 Å². The maximum atomic E-state index is 13.3. The van der Waals surface area contributed by atoms with Crippen LogP contribution in [-0.2, 0) is 13.0 Å². The van der Waals surface area contributed by atoms with Crippen molar-refractivity contribution < 1.29 is 9.87 Å². The third-order valence-electron chi connectivity index (χ3n) is 1.40. The number of hydrogen-bond donors (Lipinski definition) is 1. The number of halogens is 1. The van der Waals surface area contributed by atoms with Crippen LogP contribution in [0.4, 0.5) is 4.39 Å². The number of fused-ring (bicyclic) bond motifs is 1. The lowest BCUT2D eigenvalue weighted by Crippen LogP contribution is -2.00. The number of rotatable bonds is 0. The molecule has 0 bridgehead atoms. The van der Waals surface area contributed by atoms with Crippen LogP contribution in [0.25, 0.3) is 0 Å². The van der Waals surface area contributed by atoms with E-state index in [1.807, 2.05) is 0 Å². The third-order valence-corrected chi connectivity index (χ3v) is 1.40. The van der Waals surface area contributed by atoms with E-state index in [-0.39, 0.29) is 11.1 Å². The van der Waals surface area contributed by atoms with E-state index in [2.05, 4.69) is 5.32 Å². The van der Waals surface area contributed by atoms with Crippen LogP contribution in [-0.4, -0.2) is 0 Å². The molecule has 2 heteroatoms. The summed E-state index contributed by atoms with van der Waals surface area (Å²) < 4.78 is 43.1. The average Bonchev–Trinajstić information content (AvgIpc) is 2.18. The van der Waals surface area contributed by atoms with Gasteiger partial charge in [-0.05, 0) is 11.6 Å². The van der Waals surface area contributed by atoms with Crippen LogP contribution in [0.2, 0.25) is 0 Å². The largest absolute Gasteiger partial charge is 0.308 e. The van der Waals surface area contributed by atoms with Crippen molar-refractivity contribution >= 4 is 0 Å². The zero-order chi connectivity index (χ0) is 10.6. The first-order valence-electron chi connectivity index (χ1n) is 4.93. The summed E-state index contributed by atoms with van der Waals surface area (Å²) in [5, 5.41) is 2.10. The zero-order valence-electron chi connectivity index (χ0n) is 9.11. The van der Waals surface area contributed by atoms with Crippen LogP contribution in [0.5, 0.6) is 0 Å². The Bertz CT molecular complexity index is 391. The standard InChI is InChI=1S/C8H8FN/c9-8-3-1-2-6-4-10-5-7(6)8/h1-3,10H,4-5H2/i4D2,5D2. The Morgan fingerprint density at radius 2 is 2.40 bits per heavy atom. The summed E-state index contributed by atoms with van der Waals surface area (Å²) in [5.74, 6) is -0.721. The van der Waals surface area contributed by atoms with Crippen LogP contribution < -0.4 is 5.32 Å².